The third kappa shape index (κ3) is 4.35. The lowest BCUT2D eigenvalue weighted by molar-refractivity contribution is -0.118. The minimum absolute atomic E-state index is 0.121. The van der Waals surface area contributed by atoms with Crippen LogP contribution >= 0.6 is 0 Å². The number of hydrogen-bond acceptors (Lipinski definition) is 4. The molecular formula is C26H28N4O2. The van der Waals surface area contributed by atoms with Gasteiger partial charge in [-0.15, -0.1) is 0 Å². The number of aryl methyl sites for hydroxylation is 5. The maximum atomic E-state index is 12.5. The number of carbonyl (C=O) groups is 1. The van der Waals surface area contributed by atoms with Crippen molar-refractivity contribution in [3.63, 3.8) is 0 Å². The Morgan fingerprint density at radius 2 is 1.75 bits per heavy atom. The quantitative estimate of drug-likeness (QED) is 0.456. The molecule has 0 aliphatic carbocycles. The van der Waals surface area contributed by atoms with E-state index < -0.39 is 0 Å². The van der Waals surface area contributed by atoms with Crippen molar-refractivity contribution in [2.24, 2.45) is 0 Å². The highest BCUT2D eigenvalue weighted by atomic mass is 16.5. The van der Waals surface area contributed by atoms with Crippen molar-refractivity contribution in [3.05, 3.63) is 76.5 Å². The molecule has 0 fully saturated rings. The minimum atomic E-state index is -0.224. The van der Waals surface area contributed by atoms with Gasteiger partial charge in [-0.1, -0.05) is 31.2 Å². The van der Waals surface area contributed by atoms with Gasteiger partial charge in [-0.25, -0.2) is 4.68 Å². The highest BCUT2D eigenvalue weighted by Gasteiger charge is 2.16. The molecule has 6 heteroatoms. The Kier molecular flexibility index (Phi) is 5.95. The summed E-state index contributed by atoms with van der Waals surface area (Å²) in [6.07, 6.45) is 0.985. The van der Waals surface area contributed by atoms with Gasteiger partial charge in [0.25, 0.3) is 5.91 Å². The van der Waals surface area contributed by atoms with Crippen LogP contribution in [0, 0.1) is 27.7 Å². The summed E-state index contributed by atoms with van der Waals surface area (Å²) in [5.74, 6) is 0.176. The van der Waals surface area contributed by atoms with Crippen molar-refractivity contribution in [3.8, 4) is 11.6 Å². The third-order valence-corrected chi connectivity index (χ3v) is 5.59. The van der Waals surface area contributed by atoms with Gasteiger partial charge in [0.05, 0.1) is 11.4 Å². The number of rotatable bonds is 6. The molecule has 164 valence electrons. The molecule has 0 bridgehead atoms. The molecule has 2 heterocycles. The van der Waals surface area contributed by atoms with Gasteiger partial charge in [0.1, 0.15) is 0 Å². The molecule has 32 heavy (non-hydrogen) atoms. The fourth-order valence-electron chi connectivity index (χ4n) is 3.80. The molecule has 0 unspecified atom stereocenters. The molecule has 6 nitrogen and oxygen atoms in total. The topological polar surface area (TPSA) is 69.0 Å². The Hall–Kier alpha value is -3.67. The normalized spacial score (nSPS) is 11.0. The molecule has 1 amide bonds. The van der Waals surface area contributed by atoms with Crippen molar-refractivity contribution >= 4 is 22.6 Å². The monoisotopic (exact) mass is 428 g/mol. The summed E-state index contributed by atoms with van der Waals surface area (Å²) < 4.78 is 7.60. The Morgan fingerprint density at radius 3 is 2.47 bits per heavy atom. The van der Waals surface area contributed by atoms with E-state index >= 15 is 0 Å². The van der Waals surface area contributed by atoms with Crippen LogP contribution in [0.25, 0.3) is 16.7 Å². The molecule has 0 radical (unpaired) electrons. The lowest BCUT2D eigenvalue weighted by Crippen LogP contribution is -2.21. The van der Waals surface area contributed by atoms with E-state index in [1.54, 1.807) is 0 Å². The Bertz CT molecular complexity index is 1290. The average Bonchev–Trinajstić information content (AvgIpc) is 3.11. The van der Waals surface area contributed by atoms with Gasteiger partial charge >= 0.3 is 0 Å². The van der Waals surface area contributed by atoms with Crippen LogP contribution in [0.3, 0.4) is 0 Å². The number of pyridine rings is 1. The Labute approximate surface area is 188 Å². The van der Waals surface area contributed by atoms with Crippen LogP contribution in [-0.2, 0) is 11.2 Å². The number of benzene rings is 2. The van der Waals surface area contributed by atoms with E-state index in [1.807, 2.05) is 68.8 Å². The zero-order chi connectivity index (χ0) is 22.8. The molecular weight excluding hydrogens is 400 g/mol. The van der Waals surface area contributed by atoms with Gasteiger partial charge in [0.2, 0.25) is 5.88 Å². The summed E-state index contributed by atoms with van der Waals surface area (Å²) in [6, 6.07) is 16.1. The fraction of sp³-hybridized carbons (Fsp3) is 0.269. The second-order valence-corrected chi connectivity index (χ2v) is 8.15. The number of carbonyl (C=O) groups excluding carboxylic acids is 1. The van der Waals surface area contributed by atoms with E-state index in [9.17, 15) is 4.79 Å². The summed E-state index contributed by atoms with van der Waals surface area (Å²) in [4.78, 5) is 17.2. The van der Waals surface area contributed by atoms with Crippen molar-refractivity contribution in [1.82, 2.24) is 14.8 Å². The summed E-state index contributed by atoms with van der Waals surface area (Å²) in [7, 11) is 0. The van der Waals surface area contributed by atoms with Crippen LogP contribution in [0.4, 0.5) is 5.69 Å². The van der Waals surface area contributed by atoms with Gasteiger partial charge in [-0.05, 0) is 74.6 Å². The first-order chi connectivity index (χ1) is 15.4. The highest BCUT2D eigenvalue weighted by Crippen LogP contribution is 2.27. The van der Waals surface area contributed by atoms with E-state index in [0.29, 0.717) is 5.88 Å². The van der Waals surface area contributed by atoms with E-state index in [2.05, 4.69) is 29.4 Å². The van der Waals surface area contributed by atoms with Crippen LogP contribution in [0.2, 0.25) is 0 Å². The molecule has 2 aromatic carbocycles. The summed E-state index contributed by atoms with van der Waals surface area (Å²) in [6.45, 7) is 9.95. The molecule has 0 saturated carbocycles. The van der Waals surface area contributed by atoms with Crippen LogP contribution in [0.5, 0.6) is 5.88 Å². The molecule has 0 atom stereocenters. The number of hydrogen-bond donors (Lipinski definition) is 1. The average molecular weight is 429 g/mol. The summed E-state index contributed by atoms with van der Waals surface area (Å²) in [5, 5.41) is 8.62. The van der Waals surface area contributed by atoms with Crippen LogP contribution in [0.1, 0.15) is 34.9 Å². The number of nitrogens with one attached hydrogen (secondary N) is 1. The number of fused-ring (bicyclic) bond motifs is 1. The van der Waals surface area contributed by atoms with Gasteiger partial charge in [-0.2, -0.15) is 10.1 Å². The third-order valence-electron chi connectivity index (χ3n) is 5.59. The van der Waals surface area contributed by atoms with Gasteiger partial charge in [0.15, 0.2) is 12.3 Å². The van der Waals surface area contributed by atoms with Crippen LogP contribution < -0.4 is 10.1 Å². The van der Waals surface area contributed by atoms with Crippen LogP contribution in [0.15, 0.2) is 48.5 Å². The predicted octanol–water partition coefficient (Wildman–Crippen LogP) is 5.23. The second kappa shape index (κ2) is 8.83. The zero-order valence-electron chi connectivity index (χ0n) is 19.2. The Balaban J connectivity index is 1.58. The maximum Gasteiger partial charge on any atom is 0.262 e. The van der Waals surface area contributed by atoms with Crippen LogP contribution in [-0.4, -0.2) is 27.3 Å². The van der Waals surface area contributed by atoms with Gasteiger partial charge < -0.3 is 10.1 Å². The van der Waals surface area contributed by atoms with E-state index in [1.165, 1.54) is 5.56 Å². The first-order valence-electron chi connectivity index (χ1n) is 10.8. The van der Waals surface area contributed by atoms with Crippen molar-refractivity contribution in [2.45, 2.75) is 41.0 Å². The smallest absolute Gasteiger partial charge is 0.262 e. The first-order valence-corrected chi connectivity index (χ1v) is 10.8. The van der Waals surface area contributed by atoms with E-state index in [4.69, 9.17) is 9.84 Å². The molecule has 1 N–H and O–H groups in total. The van der Waals surface area contributed by atoms with Crippen molar-refractivity contribution < 1.29 is 9.53 Å². The SMILES string of the molecule is CCc1ccc(-n2nc(C)c3c(C)cc(OCC(=O)Nc4cc(C)ccc4C)nc32)cc1. The second-order valence-electron chi connectivity index (χ2n) is 8.15. The highest BCUT2D eigenvalue weighted by molar-refractivity contribution is 5.92. The molecule has 0 spiro atoms. The lowest BCUT2D eigenvalue weighted by Gasteiger charge is -2.11. The number of ether oxygens (including phenoxy) is 1. The van der Waals surface area contributed by atoms with Gasteiger partial charge in [-0.3, -0.25) is 4.79 Å². The largest absolute Gasteiger partial charge is 0.467 e. The van der Waals surface area contributed by atoms with Crippen molar-refractivity contribution in [1.29, 1.82) is 0 Å². The number of anilines is 1. The summed E-state index contributed by atoms with van der Waals surface area (Å²) >= 11 is 0. The number of nitrogens with zero attached hydrogens (tertiary/aromatic N) is 3. The molecule has 4 aromatic rings. The predicted molar refractivity (Wildman–Crippen MR) is 128 cm³/mol. The van der Waals surface area contributed by atoms with E-state index in [-0.39, 0.29) is 12.5 Å². The van der Waals surface area contributed by atoms with E-state index in [0.717, 1.165) is 51.2 Å². The number of aromatic nitrogens is 3. The standard InChI is InChI=1S/C26H28N4O2/c1-6-20-9-11-21(12-10-20)30-26-25(19(5)29-30)18(4)14-24(28-26)32-15-23(31)27-22-13-16(2)7-8-17(22)3/h7-14H,6,15H2,1-5H3,(H,27,31). The minimum Gasteiger partial charge on any atom is -0.467 e. The van der Waals surface area contributed by atoms with Gasteiger partial charge in [0, 0.05) is 17.1 Å². The maximum absolute atomic E-state index is 12.5. The molecule has 0 saturated heterocycles. The zero-order valence-corrected chi connectivity index (χ0v) is 19.2. The number of amides is 1. The van der Waals surface area contributed by atoms with Crippen molar-refractivity contribution in [2.75, 3.05) is 11.9 Å². The lowest BCUT2D eigenvalue weighted by atomic mass is 10.1. The Morgan fingerprint density at radius 1 is 1.00 bits per heavy atom. The molecule has 4 rings (SSSR count). The fourth-order valence-corrected chi connectivity index (χ4v) is 3.80. The molecule has 0 aliphatic rings. The summed E-state index contributed by atoms with van der Waals surface area (Å²) in [5.41, 5.74) is 7.73. The molecule has 0 aliphatic heterocycles. The molecule has 2 aromatic heterocycles. The first kappa shape index (κ1) is 21.6.